The van der Waals surface area contributed by atoms with E-state index in [0.717, 1.165) is 5.56 Å². The van der Waals surface area contributed by atoms with Gasteiger partial charge in [-0.1, -0.05) is 62.8 Å². The van der Waals surface area contributed by atoms with Gasteiger partial charge in [0.1, 0.15) is 30.2 Å². The molecule has 3 saturated heterocycles. The number of amides is 6. The fourth-order valence-corrected chi connectivity index (χ4v) is 8.48. The highest BCUT2D eigenvalue weighted by atomic mass is 32.2. The number of carbonyl (C=O) groups is 6. The van der Waals surface area contributed by atoms with E-state index >= 15 is 0 Å². The fraction of sp³-hybridized carbons (Fsp3) is 0.628. The van der Waals surface area contributed by atoms with E-state index in [2.05, 4.69) is 45.1 Å². The quantitative estimate of drug-likeness (QED) is 0.170. The summed E-state index contributed by atoms with van der Waals surface area (Å²) in [5, 5.41) is 17.4. The number of carbonyl (C=O) groups excluding carboxylic acids is 6. The molecule has 0 radical (unpaired) electrons. The summed E-state index contributed by atoms with van der Waals surface area (Å²) in [4.78, 5) is 86.2. The van der Waals surface area contributed by atoms with Crippen molar-refractivity contribution in [1.29, 1.82) is 0 Å². The van der Waals surface area contributed by atoms with Crippen LogP contribution in [0, 0.1) is 5.92 Å². The minimum atomic E-state index is -1.33. The second-order valence-corrected chi connectivity index (χ2v) is 18.0. The van der Waals surface area contributed by atoms with Gasteiger partial charge in [-0.3, -0.25) is 34.1 Å². The van der Waals surface area contributed by atoms with E-state index in [-0.39, 0.29) is 18.4 Å². The first-order chi connectivity index (χ1) is 27.8. The van der Waals surface area contributed by atoms with E-state index in [1.54, 1.807) is 60.6 Å². The summed E-state index contributed by atoms with van der Waals surface area (Å²) in [6.45, 7) is 21.6. The van der Waals surface area contributed by atoms with Gasteiger partial charge in [0.05, 0.1) is 41.4 Å². The molecule has 1 aromatic carbocycles. The normalized spacial score (nSPS) is 29.1. The Bertz CT molecular complexity index is 1690. The molecule has 3 fully saturated rings. The molecule has 0 aromatic heterocycles. The Morgan fingerprint density at radius 3 is 2.14 bits per heavy atom. The second kappa shape index (κ2) is 20.8. The van der Waals surface area contributed by atoms with Crippen molar-refractivity contribution >= 4 is 47.2 Å². The van der Waals surface area contributed by atoms with Crippen molar-refractivity contribution < 1.29 is 38.2 Å². The molecule has 3 heterocycles. The van der Waals surface area contributed by atoms with Gasteiger partial charge in [-0.15, -0.1) is 24.9 Å². The van der Waals surface area contributed by atoms with E-state index in [0.29, 0.717) is 38.0 Å². The topological polar surface area (TPSA) is 196 Å². The zero-order valence-electron chi connectivity index (χ0n) is 35.8. The number of ether oxygens (including phenoxy) is 2. The lowest BCUT2D eigenvalue weighted by atomic mass is 9.97. The number of thioether (sulfide) groups is 1. The zero-order valence-corrected chi connectivity index (χ0v) is 36.6. The second-order valence-electron chi connectivity index (χ2n) is 16.9. The van der Waals surface area contributed by atoms with Crippen LogP contribution < -0.4 is 31.9 Å². The Morgan fingerprint density at radius 1 is 0.847 bits per heavy atom. The lowest BCUT2D eigenvalue weighted by Gasteiger charge is -2.33. The number of hydrogen-bond donors (Lipinski definition) is 6. The molecule has 0 spiro atoms. The van der Waals surface area contributed by atoms with Crippen LogP contribution in [0.15, 0.2) is 55.6 Å². The van der Waals surface area contributed by atoms with Gasteiger partial charge in [-0.25, -0.2) is 0 Å². The molecule has 3 aliphatic rings. The van der Waals surface area contributed by atoms with Crippen molar-refractivity contribution in [3.05, 3.63) is 61.2 Å². The molecule has 1 aromatic rings. The summed E-state index contributed by atoms with van der Waals surface area (Å²) >= 11 is 1.47. The van der Waals surface area contributed by atoms with Crippen LogP contribution in [0.4, 0.5) is 0 Å². The average molecular weight is 840 g/mol. The fourth-order valence-electron chi connectivity index (χ4n) is 7.18. The molecular formula is C43H65N7O8S. The standard InChI is InChI=1S/C43H65N7O8S/c1-11-25(4)33-38(54)44-26(5)41(56)50-21-17-20-32(50)37(53)45-29(22-28-18-15-14-16-19-28)40-47-31(24-59-40)36(52)49-34(27(6)58-43(9,10)13-3)39(55)46-30(35(51)48-33)23-57-42(7,8)12-2/h12-16,18-19,25-27,29-34,40,47H,2-3,11,17,20-24H2,1,4-10H3,(H,44,54)(H,45,53)(H,46,55)(H,48,51)(H,49,52)/t25-,26?,27+,29+,30-,31-,32-,33-,34-,40-/m0/s1. The SMILES string of the molecule is C=CC(C)(C)OC[C@@H]1NC(=O)[C@H]([C@@H](C)OC(C)(C)C=C)NC(=O)[C@@H]2CS[C@H](N2)[C@@H](Cc2ccccc2)NC(=O)[C@@H]2CCCN2C(=O)C(C)NC(=O)[C@H]([C@@H](C)CC)NC1=O. The van der Waals surface area contributed by atoms with Crippen LogP contribution in [0.2, 0.25) is 0 Å². The average Bonchev–Trinajstić information content (AvgIpc) is 3.91. The molecule has 1 unspecified atom stereocenters. The molecule has 10 atom stereocenters. The third-order valence-electron chi connectivity index (χ3n) is 11.3. The number of hydrogen-bond acceptors (Lipinski definition) is 10. The maximum Gasteiger partial charge on any atom is 0.245 e. The summed E-state index contributed by atoms with van der Waals surface area (Å²) in [6.07, 6.45) is 4.20. The highest BCUT2D eigenvalue weighted by molar-refractivity contribution is 8.00. The molecular weight excluding hydrogens is 775 g/mol. The summed E-state index contributed by atoms with van der Waals surface area (Å²) < 4.78 is 12.2. The number of rotatable bonds is 12. The van der Waals surface area contributed by atoms with Gasteiger partial charge in [0.2, 0.25) is 35.4 Å². The molecule has 0 aliphatic carbocycles. The first-order valence-corrected chi connectivity index (χ1v) is 21.7. The van der Waals surface area contributed by atoms with Crippen LogP contribution >= 0.6 is 11.8 Å². The van der Waals surface area contributed by atoms with E-state index in [1.165, 1.54) is 16.7 Å². The largest absolute Gasteiger partial charge is 0.369 e. The van der Waals surface area contributed by atoms with Crippen LogP contribution in [0.5, 0.6) is 0 Å². The molecule has 0 saturated carbocycles. The van der Waals surface area contributed by atoms with Gasteiger partial charge in [-0.05, 0) is 72.3 Å². The molecule has 59 heavy (non-hydrogen) atoms. The number of fused-ring (bicyclic) bond motifs is 3. The summed E-state index contributed by atoms with van der Waals surface area (Å²) in [5.74, 6) is -3.34. The van der Waals surface area contributed by atoms with Crippen molar-refractivity contribution in [1.82, 2.24) is 36.8 Å². The smallest absolute Gasteiger partial charge is 0.245 e. The third-order valence-corrected chi connectivity index (χ3v) is 12.6. The van der Waals surface area contributed by atoms with E-state index < -0.39 is 94.5 Å². The number of nitrogens with one attached hydrogen (secondary N) is 6. The van der Waals surface area contributed by atoms with Gasteiger partial charge >= 0.3 is 0 Å². The van der Waals surface area contributed by atoms with Crippen LogP contribution in [-0.4, -0.2) is 124 Å². The predicted molar refractivity (Wildman–Crippen MR) is 228 cm³/mol. The highest BCUT2D eigenvalue weighted by Gasteiger charge is 2.43. The number of nitrogens with zero attached hydrogens (tertiary/aromatic N) is 1. The van der Waals surface area contributed by atoms with Crippen molar-refractivity contribution in [3.63, 3.8) is 0 Å². The Balaban J connectivity index is 1.76. The highest BCUT2D eigenvalue weighted by Crippen LogP contribution is 2.26. The lowest BCUT2D eigenvalue weighted by molar-refractivity contribution is -0.142. The summed E-state index contributed by atoms with van der Waals surface area (Å²) in [7, 11) is 0. The molecule has 16 heteroatoms. The Kier molecular flexibility index (Phi) is 16.7. The molecule has 15 nitrogen and oxygen atoms in total. The maximum absolute atomic E-state index is 14.4. The van der Waals surface area contributed by atoms with Crippen molar-refractivity contribution in [2.24, 2.45) is 5.92 Å². The first kappa shape index (κ1) is 47.4. The van der Waals surface area contributed by atoms with Gasteiger partial charge in [0.25, 0.3) is 0 Å². The van der Waals surface area contributed by atoms with Crippen LogP contribution in [0.1, 0.15) is 80.2 Å². The zero-order chi connectivity index (χ0) is 43.7. The first-order valence-electron chi connectivity index (χ1n) is 20.6. The predicted octanol–water partition coefficient (Wildman–Crippen LogP) is 2.11. The Morgan fingerprint density at radius 2 is 1.49 bits per heavy atom. The monoisotopic (exact) mass is 839 g/mol. The van der Waals surface area contributed by atoms with Crippen molar-refractivity contribution in [2.45, 2.75) is 146 Å². The minimum Gasteiger partial charge on any atom is -0.369 e. The van der Waals surface area contributed by atoms with Crippen LogP contribution in [0.3, 0.4) is 0 Å². The van der Waals surface area contributed by atoms with Crippen LogP contribution in [-0.2, 0) is 44.7 Å². The lowest BCUT2D eigenvalue weighted by Crippen LogP contribution is -2.63. The summed E-state index contributed by atoms with van der Waals surface area (Å²) in [5.41, 5.74) is -0.811. The molecule has 3 aliphatic heterocycles. The van der Waals surface area contributed by atoms with Gasteiger partial charge in [0, 0.05) is 12.3 Å². The van der Waals surface area contributed by atoms with E-state index in [9.17, 15) is 28.8 Å². The number of benzene rings is 1. The Labute approximate surface area is 353 Å². The molecule has 6 amide bonds. The van der Waals surface area contributed by atoms with Crippen molar-refractivity contribution in [3.8, 4) is 0 Å². The minimum absolute atomic E-state index is 0.308. The molecule has 326 valence electrons. The maximum atomic E-state index is 14.4. The van der Waals surface area contributed by atoms with Gasteiger partial charge < -0.3 is 41.0 Å². The van der Waals surface area contributed by atoms with E-state index in [1.807, 2.05) is 37.3 Å². The van der Waals surface area contributed by atoms with E-state index in [4.69, 9.17) is 9.47 Å². The molecule has 6 N–H and O–H groups in total. The summed E-state index contributed by atoms with van der Waals surface area (Å²) in [6, 6.07) is 2.88. The third kappa shape index (κ3) is 12.9. The van der Waals surface area contributed by atoms with Crippen molar-refractivity contribution in [2.75, 3.05) is 18.9 Å². The molecule has 4 rings (SSSR count). The van der Waals surface area contributed by atoms with Gasteiger partial charge in [-0.2, -0.15) is 0 Å². The molecule has 2 bridgehead atoms. The van der Waals surface area contributed by atoms with Gasteiger partial charge in [0.15, 0.2) is 0 Å². The van der Waals surface area contributed by atoms with Crippen LogP contribution in [0.25, 0.3) is 0 Å². The Hall–Kier alpha value is -4.25.